The summed E-state index contributed by atoms with van der Waals surface area (Å²) in [5, 5.41) is 15.3. The van der Waals surface area contributed by atoms with Crippen LogP contribution in [-0.4, -0.2) is 27.1 Å². The molecule has 0 spiro atoms. The van der Waals surface area contributed by atoms with Crippen LogP contribution >= 0.6 is 0 Å². The van der Waals surface area contributed by atoms with Crippen molar-refractivity contribution in [2.24, 2.45) is 0 Å². The minimum absolute atomic E-state index is 0.0303. The van der Waals surface area contributed by atoms with Crippen LogP contribution in [-0.2, 0) is 6.54 Å². The van der Waals surface area contributed by atoms with Crippen LogP contribution in [0.3, 0.4) is 0 Å². The van der Waals surface area contributed by atoms with Crippen molar-refractivity contribution in [2.75, 3.05) is 0 Å². The number of ketones is 1. The first-order valence-corrected chi connectivity index (χ1v) is 8.79. The molecule has 3 rings (SSSR count). The van der Waals surface area contributed by atoms with Crippen molar-refractivity contribution in [2.45, 2.75) is 27.0 Å². The first kappa shape index (κ1) is 20.9. The number of carbonyl (C=O) groups is 1. The quantitative estimate of drug-likeness (QED) is 0.231. The summed E-state index contributed by atoms with van der Waals surface area (Å²) in [6, 6.07) is 8.67. The van der Waals surface area contributed by atoms with Crippen LogP contribution in [0.4, 0.5) is 14.5 Å². The molecule has 0 amide bonds. The van der Waals surface area contributed by atoms with Gasteiger partial charge in [-0.05, 0) is 62.4 Å². The predicted molar refractivity (Wildman–Crippen MR) is 103 cm³/mol. The number of ether oxygens (including phenoxy) is 1. The first-order valence-electron chi connectivity index (χ1n) is 8.79. The van der Waals surface area contributed by atoms with E-state index in [2.05, 4.69) is 9.84 Å². The Labute approximate surface area is 169 Å². The maximum Gasteiger partial charge on any atom is 0.387 e. The second-order valence-corrected chi connectivity index (χ2v) is 6.34. The fourth-order valence-electron chi connectivity index (χ4n) is 2.88. The molecular formula is C20H17F2N3O5. The average molecular weight is 417 g/mol. The molecule has 2 aromatic heterocycles. The molecule has 0 aliphatic carbocycles. The number of benzene rings is 1. The molecule has 2 heterocycles. The van der Waals surface area contributed by atoms with Gasteiger partial charge in [-0.15, -0.1) is 0 Å². The van der Waals surface area contributed by atoms with Crippen molar-refractivity contribution in [3.8, 4) is 5.75 Å². The van der Waals surface area contributed by atoms with E-state index in [9.17, 15) is 23.7 Å². The van der Waals surface area contributed by atoms with Gasteiger partial charge in [0.25, 0.3) is 0 Å². The van der Waals surface area contributed by atoms with Crippen LogP contribution in [0.1, 0.15) is 33.3 Å². The fraction of sp³-hybridized carbons (Fsp3) is 0.200. The van der Waals surface area contributed by atoms with E-state index in [1.165, 1.54) is 41.1 Å². The van der Waals surface area contributed by atoms with Gasteiger partial charge in [0.1, 0.15) is 28.7 Å². The number of rotatable bonds is 8. The van der Waals surface area contributed by atoms with E-state index in [-0.39, 0.29) is 23.8 Å². The van der Waals surface area contributed by atoms with Crippen LogP contribution < -0.4 is 4.74 Å². The summed E-state index contributed by atoms with van der Waals surface area (Å²) in [5.74, 6) is 0.541. The van der Waals surface area contributed by atoms with Crippen LogP contribution in [0.5, 0.6) is 5.75 Å². The normalized spacial score (nSPS) is 11.4. The topological polar surface area (TPSA) is 100 Å². The summed E-state index contributed by atoms with van der Waals surface area (Å²) in [7, 11) is 0. The molecule has 8 nitrogen and oxygen atoms in total. The van der Waals surface area contributed by atoms with Gasteiger partial charge in [-0.2, -0.15) is 13.9 Å². The standard InChI is InChI=1S/C20H17F2N3O5/c1-12-19(25(27)28)13(2)24(23-12)11-17-8-7-15(29-17)9-10-18(26)14-3-5-16(6-4-14)30-20(21)22/h3-10,20H,11H2,1-2H3/b10-9+. The van der Waals surface area contributed by atoms with E-state index in [1.807, 2.05) is 0 Å². The second kappa shape index (κ2) is 8.68. The molecule has 3 aromatic rings. The number of allylic oxidation sites excluding steroid dienone is 1. The Hall–Kier alpha value is -3.82. The summed E-state index contributed by atoms with van der Waals surface area (Å²) in [6.45, 7) is 0.446. The van der Waals surface area contributed by atoms with Crippen LogP contribution in [0.25, 0.3) is 6.08 Å². The van der Waals surface area contributed by atoms with Gasteiger partial charge in [0.05, 0.1) is 11.5 Å². The smallest absolute Gasteiger partial charge is 0.387 e. The molecule has 10 heteroatoms. The monoisotopic (exact) mass is 417 g/mol. The molecule has 156 valence electrons. The maximum absolute atomic E-state index is 12.2. The lowest BCUT2D eigenvalue weighted by atomic mass is 10.1. The molecule has 0 unspecified atom stereocenters. The fourth-order valence-corrected chi connectivity index (χ4v) is 2.88. The highest BCUT2D eigenvalue weighted by molar-refractivity contribution is 6.06. The van der Waals surface area contributed by atoms with E-state index in [0.29, 0.717) is 28.5 Å². The number of aryl methyl sites for hydroxylation is 1. The average Bonchev–Trinajstić information content (AvgIpc) is 3.24. The molecule has 0 atom stereocenters. The molecule has 1 aromatic carbocycles. The third-order valence-corrected chi connectivity index (χ3v) is 4.28. The summed E-state index contributed by atoms with van der Waals surface area (Å²) in [5.41, 5.74) is 1.01. The number of aromatic nitrogens is 2. The third-order valence-electron chi connectivity index (χ3n) is 4.28. The molecule has 0 aliphatic heterocycles. The van der Waals surface area contributed by atoms with Crippen molar-refractivity contribution in [1.82, 2.24) is 9.78 Å². The Morgan fingerprint density at radius 1 is 1.27 bits per heavy atom. The van der Waals surface area contributed by atoms with Gasteiger partial charge in [-0.25, -0.2) is 0 Å². The number of alkyl halides is 2. The molecule has 0 bridgehead atoms. The lowest BCUT2D eigenvalue weighted by molar-refractivity contribution is -0.386. The lowest BCUT2D eigenvalue weighted by Gasteiger charge is -2.04. The number of hydrogen-bond donors (Lipinski definition) is 0. The Bertz CT molecular complexity index is 1100. The molecule has 0 N–H and O–H groups in total. The highest BCUT2D eigenvalue weighted by Crippen LogP contribution is 2.23. The Morgan fingerprint density at radius 2 is 1.97 bits per heavy atom. The zero-order valence-electron chi connectivity index (χ0n) is 16.0. The first-order chi connectivity index (χ1) is 14.2. The predicted octanol–water partition coefficient (Wildman–Crippen LogP) is 4.55. The Morgan fingerprint density at radius 3 is 2.57 bits per heavy atom. The zero-order valence-corrected chi connectivity index (χ0v) is 16.0. The van der Waals surface area contributed by atoms with Gasteiger partial charge in [-0.1, -0.05) is 0 Å². The van der Waals surface area contributed by atoms with Gasteiger partial charge in [-0.3, -0.25) is 19.6 Å². The molecule has 0 saturated heterocycles. The number of nitro groups is 1. The number of furan rings is 1. The Balaban J connectivity index is 1.66. The minimum atomic E-state index is -2.93. The largest absolute Gasteiger partial charge is 0.460 e. The van der Waals surface area contributed by atoms with Gasteiger partial charge in [0, 0.05) is 5.56 Å². The van der Waals surface area contributed by atoms with Crippen LogP contribution in [0.15, 0.2) is 46.9 Å². The van der Waals surface area contributed by atoms with Crippen molar-refractivity contribution in [3.05, 3.63) is 81.1 Å². The summed E-state index contributed by atoms with van der Waals surface area (Å²) in [4.78, 5) is 22.8. The van der Waals surface area contributed by atoms with Gasteiger partial charge >= 0.3 is 12.3 Å². The molecule has 0 radical (unpaired) electrons. The highest BCUT2D eigenvalue weighted by Gasteiger charge is 2.22. The van der Waals surface area contributed by atoms with Crippen molar-refractivity contribution in [3.63, 3.8) is 0 Å². The van der Waals surface area contributed by atoms with Gasteiger partial charge < -0.3 is 9.15 Å². The molecule has 0 aliphatic rings. The molecule has 0 saturated carbocycles. The second-order valence-electron chi connectivity index (χ2n) is 6.34. The number of halogens is 2. The zero-order chi connectivity index (χ0) is 21.8. The Kier molecular flexibility index (Phi) is 6.05. The third kappa shape index (κ3) is 4.77. The van der Waals surface area contributed by atoms with Crippen molar-refractivity contribution in [1.29, 1.82) is 0 Å². The summed E-state index contributed by atoms with van der Waals surface area (Å²) < 4.78 is 35.7. The summed E-state index contributed by atoms with van der Waals surface area (Å²) in [6.07, 6.45) is 2.76. The van der Waals surface area contributed by atoms with Crippen molar-refractivity contribution >= 4 is 17.5 Å². The van der Waals surface area contributed by atoms with Crippen LogP contribution in [0, 0.1) is 24.0 Å². The number of hydrogen-bond acceptors (Lipinski definition) is 6. The molecular weight excluding hydrogens is 400 g/mol. The molecule has 0 fully saturated rings. The minimum Gasteiger partial charge on any atom is -0.460 e. The SMILES string of the molecule is Cc1nn(Cc2ccc(/C=C/C(=O)c3ccc(OC(F)F)cc3)o2)c(C)c1[N+](=O)[O-]. The maximum atomic E-state index is 12.2. The number of carbonyl (C=O) groups excluding carboxylic acids is 1. The summed E-state index contributed by atoms with van der Waals surface area (Å²) >= 11 is 0. The van der Waals surface area contributed by atoms with E-state index in [0.717, 1.165) is 0 Å². The van der Waals surface area contributed by atoms with Gasteiger partial charge in [0.2, 0.25) is 0 Å². The van der Waals surface area contributed by atoms with E-state index in [4.69, 9.17) is 4.42 Å². The lowest BCUT2D eigenvalue weighted by Crippen LogP contribution is -2.03. The molecule has 30 heavy (non-hydrogen) atoms. The van der Waals surface area contributed by atoms with Crippen LogP contribution in [0.2, 0.25) is 0 Å². The van der Waals surface area contributed by atoms with E-state index in [1.54, 1.807) is 26.0 Å². The van der Waals surface area contributed by atoms with Gasteiger partial charge in [0.15, 0.2) is 5.78 Å². The number of nitrogens with zero attached hydrogens (tertiary/aromatic N) is 3. The van der Waals surface area contributed by atoms with Crippen molar-refractivity contribution < 1.29 is 27.7 Å². The van der Waals surface area contributed by atoms with E-state index >= 15 is 0 Å². The highest BCUT2D eigenvalue weighted by atomic mass is 19.3. The van der Waals surface area contributed by atoms with E-state index < -0.39 is 11.5 Å².